The number of hydrogen-bond donors (Lipinski definition) is 1. The van der Waals surface area contributed by atoms with Gasteiger partial charge in [0.15, 0.2) is 0 Å². The Morgan fingerprint density at radius 1 is 1.35 bits per heavy atom. The molecule has 0 spiro atoms. The van der Waals surface area contributed by atoms with Gasteiger partial charge in [-0.2, -0.15) is 0 Å². The first-order valence-corrected chi connectivity index (χ1v) is 7.18. The van der Waals surface area contributed by atoms with Crippen molar-refractivity contribution in [1.82, 2.24) is 9.88 Å². The summed E-state index contributed by atoms with van der Waals surface area (Å²) < 4.78 is 2.32. The lowest BCUT2D eigenvalue weighted by molar-refractivity contribution is 0.279. The third-order valence-electron chi connectivity index (χ3n) is 4.23. The molecule has 1 aliphatic carbocycles. The quantitative estimate of drug-likeness (QED) is 0.824. The molecule has 0 unspecified atom stereocenters. The molecule has 0 amide bonds. The zero-order chi connectivity index (χ0) is 12.1. The second-order valence-electron chi connectivity index (χ2n) is 5.35. The average molecular weight is 234 g/mol. The van der Waals surface area contributed by atoms with Crippen molar-refractivity contribution >= 4 is 0 Å². The van der Waals surface area contributed by atoms with Crippen LogP contribution in [0.2, 0.25) is 0 Å². The number of hydrogen-bond acceptors (Lipinski definition) is 1. The lowest BCUT2D eigenvalue weighted by Gasteiger charge is -2.28. The molecule has 1 fully saturated rings. The van der Waals surface area contributed by atoms with Crippen molar-refractivity contribution in [3.05, 3.63) is 24.0 Å². The van der Waals surface area contributed by atoms with Gasteiger partial charge in [-0.05, 0) is 44.7 Å². The van der Waals surface area contributed by atoms with Crippen LogP contribution in [0.3, 0.4) is 0 Å². The van der Waals surface area contributed by atoms with Crippen LogP contribution >= 0.6 is 0 Å². The van der Waals surface area contributed by atoms with E-state index in [9.17, 15) is 0 Å². The third kappa shape index (κ3) is 3.35. The molecule has 2 heteroatoms. The minimum atomic E-state index is 0.663. The van der Waals surface area contributed by atoms with Crippen molar-refractivity contribution in [2.24, 2.45) is 5.92 Å². The minimum absolute atomic E-state index is 0.663. The molecule has 96 valence electrons. The summed E-state index contributed by atoms with van der Waals surface area (Å²) in [6.45, 7) is 6.64. The Hall–Kier alpha value is -0.760. The van der Waals surface area contributed by atoms with E-state index in [4.69, 9.17) is 0 Å². The molecule has 2 nitrogen and oxygen atoms in total. The maximum Gasteiger partial charge on any atom is 0.0361 e. The summed E-state index contributed by atoms with van der Waals surface area (Å²) in [5, 5.41) is 3.71. The Morgan fingerprint density at radius 2 is 2.12 bits per heavy atom. The minimum Gasteiger partial charge on any atom is -0.351 e. The summed E-state index contributed by atoms with van der Waals surface area (Å²) in [4.78, 5) is 0. The van der Waals surface area contributed by atoms with Crippen LogP contribution in [0.5, 0.6) is 0 Å². The second kappa shape index (κ2) is 6.25. The first kappa shape index (κ1) is 12.7. The Bertz CT molecular complexity index is 323. The topological polar surface area (TPSA) is 17.0 Å². The predicted molar refractivity (Wildman–Crippen MR) is 73.0 cm³/mol. The van der Waals surface area contributed by atoms with Gasteiger partial charge in [0.25, 0.3) is 0 Å². The maximum atomic E-state index is 3.71. The summed E-state index contributed by atoms with van der Waals surface area (Å²) in [6.07, 6.45) is 9.32. The zero-order valence-corrected chi connectivity index (χ0v) is 11.3. The van der Waals surface area contributed by atoms with Crippen molar-refractivity contribution in [2.75, 3.05) is 0 Å². The van der Waals surface area contributed by atoms with Crippen LogP contribution < -0.4 is 5.32 Å². The van der Waals surface area contributed by atoms with E-state index < -0.39 is 0 Å². The Labute approximate surface area is 105 Å². The molecule has 0 aliphatic heterocycles. The van der Waals surface area contributed by atoms with E-state index in [0.29, 0.717) is 6.04 Å². The summed E-state index contributed by atoms with van der Waals surface area (Å²) in [6, 6.07) is 5.03. The van der Waals surface area contributed by atoms with Crippen LogP contribution in [0.15, 0.2) is 18.3 Å². The number of aromatic nitrogens is 1. The van der Waals surface area contributed by atoms with E-state index in [2.05, 4.69) is 42.1 Å². The SMILES string of the molecule is CCn1cccc1CN[C@H](C)C1CCCCC1. The summed E-state index contributed by atoms with van der Waals surface area (Å²) >= 11 is 0. The summed E-state index contributed by atoms with van der Waals surface area (Å²) in [5.41, 5.74) is 1.41. The van der Waals surface area contributed by atoms with Gasteiger partial charge in [-0.25, -0.2) is 0 Å². The van der Waals surface area contributed by atoms with E-state index in [1.807, 2.05) is 0 Å². The molecular weight excluding hydrogens is 208 g/mol. The average Bonchev–Trinajstić information content (AvgIpc) is 2.84. The monoisotopic (exact) mass is 234 g/mol. The van der Waals surface area contributed by atoms with Gasteiger partial charge >= 0.3 is 0 Å². The highest BCUT2D eigenvalue weighted by molar-refractivity contribution is 5.06. The van der Waals surface area contributed by atoms with Crippen LogP contribution in [0.4, 0.5) is 0 Å². The Balaban J connectivity index is 1.80. The van der Waals surface area contributed by atoms with E-state index in [0.717, 1.165) is 19.0 Å². The van der Waals surface area contributed by atoms with Crippen molar-refractivity contribution in [1.29, 1.82) is 0 Å². The van der Waals surface area contributed by atoms with Gasteiger partial charge in [0.1, 0.15) is 0 Å². The number of aryl methyl sites for hydroxylation is 1. The summed E-state index contributed by atoms with van der Waals surface area (Å²) in [7, 11) is 0. The van der Waals surface area contributed by atoms with Gasteiger partial charge in [-0.3, -0.25) is 0 Å². The van der Waals surface area contributed by atoms with Crippen molar-refractivity contribution in [3.8, 4) is 0 Å². The fraction of sp³-hybridized carbons (Fsp3) is 0.733. The highest BCUT2D eigenvalue weighted by Crippen LogP contribution is 2.26. The normalized spacial score (nSPS) is 19.4. The van der Waals surface area contributed by atoms with Gasteiger partial charge < -0.3 is 9.88 Å². The molecule has 0 saturated heterocycles. The zero-order valence-electron chi connectivity index (χ0n) is 11.3. The standard InChI is InChI=1S/C15H26N2/c1-3-17-11-7-10-15(17)12-16-13(2)14-8-5-4-6-9-14/h7,10-11,13-14,16H,3-6,8-9,12H2,1-2H3/t13-/m1/s1. The molecule has 1 aromatic heterocycles. The van der Waals surface area contributed by atoms with Crippen LogP contribution in [0.1, 0.15) is 51.6 Å². The van der Waals surface area contributed by atoms with E-state index in [-0.39, 0.29) is 0 Å². The Kier molecular flexibility index (Phi) is 4.66. The van der Waals surface area contributed by atoms with Crippen LogP contribution in [-0.4, -0.2) is 10.6 Å². The molecule has 0 bridgehead atoms. The number of nitrogens with zero attached hydrogens (tertiary/aromatic N) is 1. The first-order valence-electron chi connectivity index (χ1n) is 7.18. The largest absolute Gasteiger partial charge is 0.351 e. The van der Waals surface area contributed by atoms with Gasteiger partial charge in [-0.1, -0.05) is 19.3 Å². The highest BCUT2D eigenvalue weighted by atomic mass is 15.0. The lowest BCUT2D eigenvalue weighted by atomic mass is 9.84. The molecule has 1 aliphatic rings. The molecule has 1 heterocycles. The second-order valence-corrected chi connectivity index (χ2v) is 5.35. The lowest BCUT2D eigenvalue weighted by Crippen LogP contribution is -2.34. The molecule has 2 rings (SSSR count). The molecule has 1 aromatic rings. The van der Waals surface area contributed by atoms with Crippen molar-refractivity contribution < 1.29 is 0 Å². The summed E-state index contributed by atoms with van der Waals surface area (Å²) in [5.74, 6) is 0.897. The van der Waals surface area contributed by atoms with Crippen LogP contribution in [-0.2, 0) is 13.1 Å². The predicted octanol–water partition coefficient (Wildman–Crippen LogP) is 3.57. The molecular formula is C15H26N2. The molecule has 1 atom stereocenters. The molecule has 0 radical (unpaired) electrons. The Morgan fingerprint density at radius 3 is 2.82 bits per heavy atom. The fourth-order valence-corrected chi connectivity index (χ4v) is 2.98. The van der Waals surface area contributed by atoms with Crippen LogP contribution in [0.25, 0.3) is 0 Å². The molecule has 1 N–H and O–H groups in total. The van der Waals surface area contributed by atoms with E-state index in [1.54, 1.807) is 0 Å². The van der Waals surface area contributed by atoms with E-state index >= 15 is 0 Å². The van der Waals surface area contributed by atoms with Crippen LogP contribution in [0, 0.1) is 5.92 Å². The highest BCUT2D eigenvalue weighted by Gasteiger charge is 2.19. The molecule has 17 heavy (non-hydrogen) atoms. The van der Waals surface area contributed by atoms with Crippen molar-refractivity contribution in [3.63, 3.8) is 0 Å². The number of rotatable bonds is 5. The van der Waals surface area contributed by atoms with Gasteiger partial charge in [0.05, 0.1) is 0 Å². The van der Waals surface area contributed by atoms with E-state index in [1.165, 1.54) is 37.8 Å². The molecule has 0 aromatic carbocycles. The third-order valence-corrected chi connectivity index (χ3v) is 4.23. The van der Waals surface area contributed by atoms with Gasteiger partial charge in [0.2, 0.25) is 0 Å². The van der Waals surface area contributed by atoms with Gasteiger partial charge in [0, 0.05) is 31.0 Å². The smallest absolute Gasteiger partial charge is 0.0361 e. The fourth-order valence-electron chi connectivity index (χ4n) is 2.98. The van der Waals surface area contributed by atoms with Gasteiger partial charge in [-0.15, -0.1) is 0 Å². The van der Waals surface area contributed by atoms with Crippen molar-refractivity contribution in [2.45, 2.75) is 65.1 Å². The number of nitrogens with one attached hydrogen (secondary N) is 1. The molecule has 1 saturated carbocycles. The maximum absolute atomic E-state index is 3.71. The first-order chi connectivity index (χ1) is 8.31.